The standard InChI is InChI=1S/C16H20N6O3/c1-11-8-12(25-18-11)10-21-4-6-22(7-5-21)14-13(9-17)15(23)20(3)16(24)19(14)2/h8H,4-7,10H2,1-3H3. The van der Waals surface area contributed by atoms with Crippen molar-refractivity contribution in [3.05, 3.63) is 43.9 Å². The van der Waals surface area contributed by atoms with Crippen LogP contribution in [0.4, 0.5) is 5.82 Å². The third kappa shape index (κ3) is 3.08. The first-order chi connectivity index (χ1) is 11.9. The summed E-state index contributed by atoms with van der Waals surface area (Å²) in [5.41, 5.74) is -0.134. The Morgan fingerprint density at radius 3 is 2.44 bits per heavy atom. The number of aryl methyl sites for hydroxylation is 1. The molecule has 0 saturated carbocycles. The molecule has 0 aliphatic carbocycles. The molecule has 0 radical (unpaired) electrons. The molecule has 3 heterocycles. The zero-order chi connectivity index (χ0) is 18.1. The second kappa shape index (κ2) is 6.57. The molecule has 1 aliphatic heterocycles. The Hall–Kier alpha value is -2.86. The Kier molecular flexibility index (Phi) is 4.46. The van der Waals surface area contributed by atoms with Crippen molar-refractivity contribution in [3.8, 4) is 6.07 Å². The van der Waals surface area contributed by atoms with E-state index < -0.39 is 11.2 Å². The molecule has 0 spiro atoms. The van der Waals surface area contributed by atoms with E-state index in [-0.39, 0.29) is 5.56 Å². The summed E-state index contributed by atoms with van der Waals surface area (Å²) in [5, 5.41) is 13.3. The SMILES string of the molecule is Cc1cc(CN2CCN(c3c(C#N)c(=O)n(C)c(=O)n3C)CC2)on1. The summed E-state index contributed by atoms with van der Waals surface area (Å²) in [7, 11) is 2.97. The Morgan fingerprint density at radius 2 is 1.88 bits per heavy atom. The molecule has 9 heteroatoms. The summed E-state index contributed by atoms with van der Waals surface area (Å²) in [6.07, 6.45) is 0. The average Bonchev–Trinajstić information content (AvgIpc) is 3.02. The maximum absolute atomic E-state index is 12.2. The molecular formula is C16H20N6O3. The number of hydrogen-bond donors (Lipinski definition) is 0. The molecule has 0 bridgehead atoms. The van der Waals surface area contributed by atoms with E-state index in [9.17, 15) is 14.9 Å². The van der Waals surface area contributed by atoms with Crippen molar-refractivity contribution >= 4 is 5.82 Å². The van der Waals surface area contributed by atoms with Gasteiger partial charge in [0, 0.05) is 46.3 Å². The van der Waals surface area contributed by atoms with Crippen LogP contribution in [-0.4, -0.2) is 45.4 Å². The highest BCUT2D eigenvalue weighted by Gasteiger charge is 2.25. The van der Waals surface area contributed by atoms with E-state index in [4.69, 9.17) is 4.52 Å². The van der Waals surface area contributed by atoms with Gasteiger partial charge in [0.25, 0.3) is 5.56 Å². The number of nitrogens with zero attached hydrogens (tertiary/aromatic N) is 6. The van der Waals surface area contributed by atoms with Crippen LogP contribution >= 0.6 is 0 Å². The van der Waals surface area contributed by atoms with Gasteiger partial charge >= 0.3 is 5.69 Å². The Bertz CT molecular complexity index is 940. The summed E-state index contributed by atoms with van der Waals surface area (Å²) >= 11 is 0. The van der Waals surface area contributed by atoms with Gasteiger partial charge < -0.3 is 9.42 Å². The minimum atomic E-state index is -0.555. The number of anilines is 1. The molecule has 0 atom stereocenters. The molecule has 9 nitrogen and oxygen atoms in total. The third-order valence-corrected chi connectivity index (χ3v) is 4.47. The topological polar surface area (TPSA) is 100 Å². The summed E-state index contributed by atoms with van der Waals surface area (Å²) in [6, 6.07) is 3.86. The summed E-state index contributed by atoms with van der Waals surface area (Å²) in [5.74, 6) is 1.20. The van der Waals surface area contributed by atoms with E-state index >= 15 is 0 Å². The molecule has 0 amide bonds. The van der Waals surface area contributed by atoms with Gasteiger partial charge in [0.15, 0.2) is 11.3 Å². The van der Waals surface area contributed by atoms with Crippen LogP contribution in [0.5, 0.6) is 0 Å². The minimum Gasteiger partial charge on any atom is -0.360 e. The zero-order valence-electron chi connectivity index (χ0n) is 14.5. The van der Waals surface area contributed by atoms with Crippen molar-refractivity contribution in [1.29, 1.82) is 5.26 Å². The minimum absolute atomic E-state index is 0.00362. The van der Waals surface area contributed by atoms with Crippen LogP contribution in [0.2, 0.25) is 0 Å². The number of rotatable bonds is 3. The number of piperazine rings is 1. The van der Waals surface area contributed by atoms with Gasteiger partial charge in [-0.25, -0.2) is 4.79 Å². The third-order valence-electron chi connectivity index (χ3n) is 4.47. The lowest BCUT2D eigenvalue weighted by molar-refractivity contribution is 0.218. The molecule has 1 fully saturated rings. The van der Waals surface area contributed by atoms with Crippen LogP contribution in [-0.2, 0) is 20.6 Å². The highest BCUT2D eigenvalue weighted by atomic mass is 16.5. The van der Waals surface area contributed by atoms with Crippen LogP contribution < -0.4 is 16.1 Å². The quantitative estimate of drug-likeness (QED) is 0.745. The van der Waals surface area contributed by atoms with Gasteiger partial charge in [0.1, 0.15) is 11.9 Å². The molecular weight excluding hydrogens is 324 g/mol. The van der Waals surface area contributed by atoms with Crippen LogP contribution in [0.25, 0.3) is 0 Å². The summed E-state index contributed by atoms with van der Waals surface area (Å²) in [4.78, 5) is 28.5. The van der Waals surface area contributed by atoms with Crippen molar-refractivity contribution in [2.24, 2.45) is 14.1 Å². The lowest BCUT2D eigenvalue weighted by Crippen LogP contribution is -2.50. The Morgan fingerprint density at radius 1 is 1.20 bits per heavy atom. The van der Waals surface area contributed by atoms with Crippen molar-refractivity contribution in [2.45, 2.75) is 13.5 Å². The highest BCUT2D eigenvalue weighted by molar-refractivity contribution is 5.53. The molecule has 3 rings (SSSR count). The first-order valence-corrected chi connectivity index (χ1v) is 8.02. The van der Waals surface area contributed by atoms with Crippen molar-refractivity contribution in [2.75, 3.05) is 31.1 Å². The number of hydrogen-bond acceptors (Lipinski definition) is 7. The van der Waals surface area contributed by atoms with E-state index in [2.05, 4.69) is 10.1 Å². The van der Waals surface area contributed by atoms with Crippen LogP contribution in [0.3, 0.4) is 0 Å². The van der Waals surface area contributed by atoms with Crippen LogP contribution in [0.15, 0.2) is 20.2 Å². The van der Waals surface area contributed by atoms with Gasteiger partial charge in [-0.1, -0.05) is 5.16 Å². The molecule has 0 unspecified atom stereocenters. The van der Waals surface area contributed by atoms with E-state index in [1.165, 1.54) is 11.6 Å². The summed E-state index contributed by atoms with van der Waals surface area (Å²) < 4.78 is 7.57. The summed E-state index contributed by atoms with van der Waals surface area (Å²) in [6.45, 7) is 5.23. The zero-order valence-corrected chi connectivity index (χ0v) is 14.5. The normalized spacial score (nSPS) is 15.4. The lowest BCUT2D eigenvalue weighted by Gasteiger charge is -2.36. The second-order valence-corrected chi connectivity index (χ2v) is 6.21. The average molecular weight is 344 g/mol. The maximum atomic E-state index is 12.2. The first kappa shape index (κ1) is 17.0. The molecule has 0 N–H and O–H groups in total. The molecule has 132 valence electrons. The highest BCUT2D eigenvalue weighted by Crippen LogP contribution is 2.18. The number of nitriles is 1. The predicted octanol–water partition coefficient (Wildman–Crippen LogP) is -0.426. The van der Waals surface area contributed by atoms with Gasteiger partial charge in [-0.15, -0.1) is 0 Å². The molecule has 0 aromatic carbocycles. The lowest BCUT2D eigenvalue weighted by atomic mass is 10.2. The smallest absolute Gasteiger partial charge is 0.332 e. The van der Waals surface area contributed by atoms with Gasteiger partial charge in [-0.05, 0) is 6.92 Å². The second-order valence-electron chi connectivity index (χ2n) is 6.21. The molecule has 2 aromatic rings. The van der Waals surface area contributed by atoms with E-state index in [0.29, 0.717) is 25.5 Å². The number of aromatic nitrogens is 3. The first-order valence-electron chi connectivity index (χ1n) is 8.02. The van der Waals surface area contributed by atoms with E-state index in [1.54, 1.807) is 7.05 Å². The van der Waals surface area contributed by atoms with Gasteiger partial charge in [0.2, 0.25) is 0 Å². The molecule has 25 heavy (non-hydrogen) atoms. The van der Waals surface area contributed by atoms with Gasteiger partial charge in [-0.3, -0.25) is 18.8 Å². The maximum Gasteiger partial charge on any atom is 0.332 e. The van der Waals surface area contributed by atoms with Crippen molar-refractivity contribution in [3.63, 3.8) is 0 Å². The molecule has 1 aliphatic rings. The van der Waals surface area contributed by atoms with E-state index in [1.807, 2.05) is 24.0 Å². The van der Waals surface area contributed by atoms with Crippen molar-refractivity contribution in [1.82, 2.24) is 19.2 Å². The van der Waals surface area contributed by atoms with Gasteiger partial charge in [-0.2, -0.15) is 5.26 Å². The van der Waals surface area contributed by atoms with Crippen LogP contribution in [0.1, 0.15) is 17.0 Å². The van der Waals surface area contributed by atoms with Gasteiger partial charge in [0.05, 0.1) is 12.2 Å². The fraction of sp³-hybridized carbons (Fsp3) is 0.500. The van der Waals surface area contributed by atoms with Crippen molar-refractivity contribution < 1.29 is 4.52 Å². The Balaban J connectivity index is 1.81. The largest absolute Gasteiger partial charge is 0.360 e. The predicted molar refractivity (Wildman–Crippen MR) is 90.4 cm³/mol. The fourth-order valence-corrected chi connectivity index (χ4v) is 3.13. The van der Waals surface area contributed by atoms with E-state index in [0.717, 1.165) is 29.1 Å². The Labute approximate surface area is 144 Å². The monoisotopic (exact) mass is 344 g/mol. The molecule has 1 saturated heterocycles. The van der Waals surface area contributed by atoms with Crippen LogP contribution in [0, 0.1) is 18.3 Å². The fourth-order valence-electron chi connectivity index (χ4n) is 3.13. The molecule has 2 aromatic heterocycles.